The summed E-state index contributed by atoms with van der Waals surface area (Å²) in [6.07, 6.45) is 5.42. The number of hydrogen-bond donors (Lipinski definition) is 3. The Kier molecular flexibility index (Phi) is 3.80. The molecule has 5 atom stereocenters. The fourth-order valence-corrected chi connectivity index (χ4v) is 5.69. The van der Waals surface area contributed by atoms with Crippen LogP contribution in [0.5, 0.6) is 5.75 Å². The molecule has 3 N–H and O–H groups in total. The van der Waals surface area contributed by atoms with Crippen LogP contribution in [-0.2, 0) is 16.0 Å². The molecule has 0 saturated heterocycles. The topological polar surface area (TPSA) is 78.8 Å². The number of aryl methyl sites for hydroxylation is 1. The number of ether oxygens (including phenoxy) is 1. The van der Waals surface area contributed by atoms with Gasteiger partial charge in [-0.05, 0) is 60.8 Å². The lowest BCUT2D eigenvalue weighted by Crippen LogP contribution is -2.50. The number of fused-ring (bicyclic) bond motifs is 5. The summed E-state index contributed by atoms with van der Waals surface area (Å²) in [6.45, 7) is 3.62. The standard InChI is InChI=1S/C20H25NO4/c1-11(22)25-17-10-20(2)16(7-8-18(20)21-24)15-5-3-12-9-13(23)4-6-14(12)19(15)17/h4,6,8-9,15-17,19,21,23-24H,3,5,7,10H2,1-2H3. The van der Waals surface area contributed by atoms with Crippen molar-refractivity contribution in [1.82, 2.24) is 5.48 Å². The summed E-state index contributed by atoms with van der Waals surface area (Å²) in [5.41, 5.74) is 5.40. The predicted molar refractivity (Wildman–Crippen MR) is 92.0 cm³/mol. The molecule has 0 bridgehead atoms. The molecule has 25 heavy (non-hydrogen) atoms. The maximum Gasteiger partial charge on any atom is 0.302 e. The summed E-state index contributed by atoms with van der Waals surface area (Å²) in [6, 6.07) is 5.57. The van der Waals surface area contributed by atoms with Crippen molar-refractivity contribution < 1.29 is 19.8 Å². The Hall–Kier alpha value is -2.01. The predicted octanol–water partition coefficient (Wildman–Crippen LogP) is 3.26. The quantitative estimate of drug-likeness (QED) is 0.567. The van der Waals surface area contributed by atoms with E-state index in [0.717, 1.165) is 30.5 Å². The van der Waals surface area contributed by atoms with E-state index in [9.17, 15) is 15.1 Å². The number of hydroxylamine groups is 1. The van der Waals surface area contributed by atoms with E-state index in [4.69, 9.17) is 4.74 Å². The first-order valence-corrected chi connectivity index (χ1v) is 9.04. The van der Waals surface area contributed by atoms with Crippen molar-refractivity contribution in [2.45, 2.75) is 51.6 Å². The number of benzene rings is 1. The first kappa shape index (κ1) is 16.5. The van der Waals surface area contributed by atoms with Crippen LogP contribution in [0, 0.1) is 17.3 Å². The van der Waals surface area contributed by atoms with Gasteiger partial charge in [0.15, 0.2) is 0 Å². The van der Waals surface area contributed by atoms with E-state index < -0.39 is 0 Å². The molecule has 0 aliphatic heterocycles. The second-order valence-corrected chi connectivity index (χ2v) is 7.95. The molecule has 3 aliphatic carbocycles. The van der Waals surface area contributed by atoms with Gasteiger partial charge in [-0.2, -0.15) is 0 Å². The van der Waals surface area contributed by atoms with Gasteiger partial charge in [-0.1, -0.05) is 19.1 Å². The van der Waals surface area contributed by atoms with Gasteiger partial charge in [-0.3, -0.25) is 15.5 Å². The molecule has 1 aromatic carbocycles. The average Bonchev–Trinajstić information content (AvgIpc) is 2.89. The number of nitrogens with one attached hydrogen (secondary N) is 1. The monoisotopic (exact) mass is 343 g/mol. The molecule has 3 aliphatic rings. The summed E-state index contributed by atoms with van der Waals surface area (Å²) in [4.78, 5) is 11.8. The third-order valence-electron chi connectivity index (χ3n) is 6.68. The zero-order valence-corrected chi connectivity index (χ0v) is 14.7. The van der Waals surface area contributed by atoms with E-state index in [1.165, 1.54) is 12.5 Å². The van der Waals surface area contributed by atoms with Gasteiger partial charge in [0.1, 0.15) is 11.9 Å². The summed E-state index contributed by atoms with van der Waals surface area (Å²) in [5.74, 6) is 0.981. The van der Waals surface area contributed by atoms with Crippen molar-refractivity contribution in [2.75, 3.05) is 0 Å². The summed E-state index contributed by atoms with van der Waals surface area (Å²) < 4.78 is 5.78. The van der Waals surface area contributed by atoms with Gasteiger partial charge < -0.3 is 9.84 Å². The molecule has 0 aromatic heterocycles. The second kappa shape index (κ2) is 5.77. The van der Waals surface area contributed by atoms with Gasteiger partial charge in [-0.15, -0.1) is 0 Å². The Bertz CT molecular complexity index is 743. The average molecular weight is 343 g/mol. The van der Waals surface area contributed by atoms with Crippen molar-refractivity contribution >= 4 is 5.97 Å². The molecular weight excluding hydrogens is 318 g/mol. The minimum absolute atomic E-state index is 0.151. The zero-order chi connectivity index (χ0) is 17.8. The highest BCUT2D eigenvalue weighted by atomic mass is 16.5. The molecule has 0 amide bonds. The van der Waals surface area contributed by atoms with E-state index >= 15 is 0 Å². The molecule has 1 saturated carbocycles. The Morgan fingerprint density at radius 3 is 2.92 bits per heavy atom. The molecule has 5 nitrogen and oxygen atoms in total. The van der Waals surface area contributed by atoms with Crippen LogP contribution in [0.1, 0.15) is 50.2 Å². The normalized spacial score (nSPS) is 35.9. The van der Waals surface area contributed by atoms with Crippen molar-refractivity contribution in [1.29, 1.82) is 0 Å². The van der Waals surface area contributed by atoms with Gasteiger partial charge in [0.25, 0.3) is 0 Å². The number of aromatic hydroxyl groups is 1. The van der Waals surface area contributed by atoms with Crippen LogP contribution < -0.4 is 5.48 Å². The highest BCUT2D eigenvalue weighted by molar-refractivity contribution is 5.66. The molecular formula is C20H25NO4. The number of allylic oxidation sites excluding steroid dienone is 2. The molecule has 1 fully saturated rings. The highest BCUT2D eigenvalue weighted by Crippen LogP contribution is 2.61. The third-order valence-corrected chi connectivity index (χ3v) is 6.68. The Balaban J connectivity index is 1.78. The van der Waals surface area contributed by atoms with Crippen LogP contribution in [0.15, 0.2) is 30.0 Å². The van der Waals surface area contributed by atoms with Crippen LogP contribution >= 0.6 is 0 Å². The molecule has 0 radical (unpaired) electrons. The number of phenolic OH excluding ortho intramolecular Hbond substituents is 1. The van der Waals surface area contributed by atoms with Gasteiger partial charge >= 0.3 is 5.97 Å². The molecule has 0 spiro atoms. The Morgan fingerprint density at radius 1 is 1.40 bits per heavy atom. The lowest BCUT2D eigenvalue weighted by molar-refractivity contribution is -0.155. The van der Waals surface area contributed by atoms with Crippen LogP contribution in [0.4, 0.5) is 0 Å². The lowest BCUT2D eigenvalue weighted by atomic mass is 9.54. The maximum absolute atomic E-state index is 11.8. The van der Waals surface area contributed by atoms with E-state index in [-0.39, 0.29) is 29.2 Å². The minimum Gasteiger partial charge on any atom is -0.508 e. The lowest BCUT2D eigenvalue weighted by Gasteiger charge is -2.52. The van der Waals surface area contributed by atoms with E-state index in [2.05, 4.69) is 18.5 Å². The number of carbonyl (C=O) groups excluding carboxylic acids is 1. The van der Waals surface area contributed by atoms with Crippen molar-refractivity contribution in [3.05, 3.63) is 41.1 Å². The third kappa shape index (κ3) is 2.44. The van der Waals surface area contributed by atoms with Crippen LogP contribution in [-0.4, -0.2) is 22.4 Å². The van der Waals surface area contributed by atoms with Crippen molar-refractivity contribution in [2.24, 2.45) is 17.3 Å². The fraction of sp³-hybridized carbons (Fsp3) is 0.550. The number of carbonyl (C=O) groups is 1. The van der Waals surface area contributed by atoms with E-state index in [1.54, 1.807) is 6.07 Å². The summed E-state index contributed by atoms with van der Waals surface area (Å²) >= 11 is 0. The first-order valence-electron chi connectivity index (χ1n) is 9.04. The molecule has 4 rings (SSSR count). The molecule has 5 heteroatoms. The van der Waals surface area contributed by atoms with Gasteiger partial charge in [0.2, 0.25) is 0 Å². The largest absolute Gasteiger partial charge is 0.508 e. The van der Waals surface area contributed by atoms with E-state index in [0.29, 0.717) is 18.3 Å². The minimum atomic E-state index is -0.266. The van der Waals surface area contributed by atoms with Crippen molar-refractivity contribution in [3.8, 4) is 5.75 Å². The van der Waals surface area contributed by atoms with E-state index in [1.807, 2.05) is 12.1 Å². The van der Waals surface area contributed by atoms with Crippen molar-refractivity contribution in [3.63, 3.8) is 0 Å². The SMILES string of the molecule is CC(=O)OC1CC2(C)C(NO)=CCC2C2CCc3cc(O)ccc3C12. The Morgan fingerprint density at radius 2 is 2.20 bits per heavy atom. The number of rotatable bonds is 2. The molecule has 134 valence electrons. The Labute approximate surface area is 147 Å². The second-order valence-electron chi connectivity index (χ2n) is 7.95. The van der Waals surface area contributed by atoms with Gasteiger partial charge in [0, 0.05) is 24.0 Å². The fourth-order valence-electron chi connectivity index (χ4n) is 5.69. The number of esters is 1. The zero-order valence-electron chi connectivity index (χ0n) is 14.7. The summed E-state index contributed by atoms with van der Waals surface area (Å²) in [7, 11) is 0. The van der Waals surface area contributed by atoms with Gasteiger partial charge in [-0.25, -0.2) is 0 Å². The molecule has 0 heterocycles. The van der Waals surface area contributed by atoms with Crippen LogP contribution in [0.25, 0.3) is 0 Å². The van der Waals surface area contributed by atoms with Crippen LogP contribution in [0.3, 0.4) is 0 Å². The summed E-state index contributed by atoms with van der Waals surface area (Å²) in [5, 5.41) is 19.4. The smallest absolute Gasteiger partial charge is 0.302 e. The molecule has 1 aromatic rings. The maximum atomic E-state index is 11.8. The highest BCUT2D eigenvalue weighted by Gasteiger charge is 2.56. The number of hydrogen-bond acceptors (Lipinski definition) is 5. The molecule has 5 unspecified atom stereocenters. The first-order chi connectivity index (χ1) is 11.9. The van der Waals surface area contributed by atoms with Crippen LogP contribution in [0.2, 0.25) is 0 Å². The van der Waals surface area contributed by atoms with Gasteiger partial charge in [0.05, 0.1) is 0 Å². The number of phenols is 1.